The van der Waals surface area contributed by atoms with Crippen LogP contribution >= 0.6 is 0 Å². The fourth-order valence-corrected chi connectivity index (χ4v) is 11.6. The fraction of sp³-hybridized carbons (Fsp3) is 0.308. The first-order valence-electron chi connectivity index (χ1n) is 21.1. The fourth-order valence-electron chi connectivity index (χ4n) is 11.6. The van der Waals surface area contributed by atoms with Crippen molar-refractivity contribution in [1.29, 1.82) is 0 Å². The Kier molecular flexibility index (Phi) is 8.58. The van der Waals surface area contributed by atoms with Crippen molar-refractivity contribution in [3.63, 3.8) is 0 Å². The molecule has 7 nitrogen and oxygen atoms in total. The molecule has 0 radical (unpaired) electrons. The average Bonchev–Trinajstić information content (AvgIpc) is 4.01. The zero-order valence-electron chi connectivity index (χ0n) is 33.9. The second-order valence-electron chi connectivity index (χ2n) is 16.9. The van der Waals surface area contributed by atoms with Crippen molar-refractivity contribution >= 4 is 22.5 Å². The summed E-state index contributed by atoms with van der Waals surface area (Å²) < 4.78 is 30.9. The van der Waals surface area contributed by atoms with Crippen LogP contribution in [0, 0.1) is 11.8 Å². The van der Waals surface area contributed by atoms with Gasteiger partial charge in [0.25, 0.3) is 0 Å². The Hall–Kier alpha value is -5.76. The van der Waals surface area contributed by atoms with Gasteiger partial charge >= 0.3 is 0 Å². The normalized spacial score (nSPS) is 23.6. The van der Waals surface area contributed by atoms with Gasteiger partial charge in [-0.3, -0.25) is 0 Å². The molecular weight excluding hydrogens is 735 g/mol. The Bertz CT molecular complexity index is 2640. The van der Waals surface area contributed by atoms with Gasteiger partial charge < -0.3 is 33.7 Å². The number of methoxy groups -OCH3 is 3. The van der Waals surface area contributed by atoms with Gasteiger partial charge in [-0.25, -0.2) is 0 Å². The molecule has 2 bridgehead atoms. The molecule has 298 valence electrons. The van der Waals surface area contributed by atoms with E-state index in [4.69, 9.17) is 23.7 Å². The van der Waals surface area contributed by atoms with E-state index >= 15 is 0 Å². The van der Waals surface area contributed by atoms with Crippen LogP contribution in [0.3, 0.4) is 0 Å². The molecule has 6 aromatic rings. The lowest BCUT2D eigenvalue weighted by Gasteiger charge is -2.41. The maximum atomic E-state index is 11.1. The third kappa shape index (κ3) is 5.33. The molecule has 2 heterocycles. The van der Waals surface area contributed by atoms with Gasteiger partial charge in [-0.15, -0.1) is 0 Å². The molecule has 7 heteroatoms. The molecule has 4 atom stereocenters. The van der Waals surface area contributed by atoms with E-state index < -0.39 is 5.60 Å². The monoisotopic (exact) mass is 783 g/mol. The van der Waals surface area contributed by atoms with E-state index in [9.17, 15) is 5.11 Å². The van der Waals surface area contributed by atoms with Crippen molar-refractivity contribution < 1.29 is 28.8 Å². The number of benzene rings is 6. The summed E-state index contributed by atoms with van der Waals surface area (Å²) in [5.74, 6) is 4.53. The summed E-state index contributed by atoms with van der Waals surface area (Å²) in [6.07, 6.45) is 9.62. The highest BCUT2D eigenvalue weighted by Crippen LogP contribution is 2.69. The number of hydrogen-bond acceptors (Lipinski definition) is 7. The minimum atomic E-state index is -1.00. The van der Waals surface area contributed by atoms with E-state index in [0.717, 1.165) is 86.8 Å². The SMILES string of the molecule is COc1ccc(-c2cc3c4c(c5c(c3cc2CO)-c2ccccc2C52CC3CCC2C3)C=CC(c2ccc(OC)cc2)(c2ccc(OC)c(N3CCOCC3)c2)O4)cc1. The Labute approximate surface area is 345 Å². The zero-order chi connectivity index (χ0) is 39.9. The van der Waals surface area contributed by atoms with Crippen LogP contribution in [0.5, 0.6) is 23.0 Å². The van der Waals surface area contributed by atoms with Crippen LogP contribution < -0.4 is 23.8 Å². The third-order valence-electron chi connectivity index (χ3n) is 14.3. The number of anilines is 1. The first-order valence-corrected chi connectivity index (χ1v) is 21.1. The van der Waals surface area contributed by atoms with Crippen molar-refractivity contribution in [3.8, 4) is 45.3 Å². The largest absolute Gasteiger partial charge is 0.497 e. The maximum absolute atomic E-state index is 11.1. The molecule has 2 aliphatic heterocycles. The molecule has 11 rings (SSSR count). The van der Waals surface area contributed by atoms with Crippen molar-refractivity contribution in [3.05, 3.63) is 143 Å². The Morgan fingerprint density at radius 2 is 1.51 bits per heavy atom. The van der Waals surface area contributed by atoms with Gasteiger partial charge in [0, 0.05) is 40.6 Å². The minimum absolute atomic E-state index is 0.0899. The van der Waals surface area contributed by atoms with Gasteiger partial charge in [0.1, 0.15) is 23.0 Å². The molecule has 1 saturated heterocycles. The first kappa shape index (κ1) is 36.3. The molecule has 5 aliphatic rings. The van der Waals surface area contributed by atoms with Gasteiger partial charge in [0.15, 0.2) is 5.60 Å². The molecule has 3 fully saturated rings. The van der Waals surface area contributed by atoms with E-state index in [0.29, 0.717) is 25.0 Å². The number of nitrogens with zero attached hydrogens (tertiary/aromatic N) is 1. The Balaban J connectivity index is 1.21. The summed E-state index contributed by atoms with van der Waals surface area (Å²) in [5.41, 5.74) is 11.4. The summed E-state index contributed by atoms with van der Waals surface area (Å²) in [5, 5.41) is 13.3. The lowest BCUT2D eigenvalue weighted by molar-refractivity contribution is 0.122. The average molecular weight is 784 g/mol. The molecule has 0 aromatic heterocycles. The molecule has 0 amide bonds. The molecule has 6 aromatic carbocycles. The molecule has 3 aliphatic carbocycles. The van der Waals surface area contributed by atoms with Crippen LogP contribution in [0.4, 0.5) is 5.69 Å². The van der Waals surface area contributed by atoms with E-state index in [1.54, 1.807) is 21.3 Å². The summed E-state index contributed by atoms with van der Waals surface area (Å²) in [4.78, 5) is 2.35. The lowest BCUT2D eigenvalue weighted by atomic mass is 9.65. The van der Waals surface area contributed by atoms with Crippen LogP contribution in [0.1, 0.15) is 59.1 Å². The van der Waals surface area contributed by atoms with Crippen LogP contribution in [0.15, 0.2) is 109 Å². The number of ether oxygens (including phenoxy) is 5. The van der Waals surface area contributed by atoms with Gasteiger partial charge in [-0.2, -0.15) is 0 Å². The highest BCUT2D eigenvalue weighted by molar-refractivity contribution is 6.10. The van der Waals surface area contributed by atoms with Crippen LogP contribution in [0.2, 0.25) is 0 Å². The molecule has 59 heavy (non-hydrogen) atoms. The summed E-state index contributed by atoms with van der Waals surface area (Å²) >= 11 is 0. The first-order chi connectivity index (χ1) is 29.0. The van der Waals surface area contributed by atoms with Crippen LogP contribution in [-0.4, -0.2) is 52.7 Å². The van der Waals surface area contributed by atoms with E-state index in [1.165, 1.54) is 47.1 Å². The number of fused-ring (bicyclic) bond motifs is 13. The van der Waals surface area contributed by atoms with Gasteiger partial charge in [0.05, 0.1) is 46.8 Å². The second kappa shape index (κ2) is 13.9. The third-order valence-corrected chi connectivity index (χ3v) is 14.3. The molecule has 4 unspecified atom stereocenters. The van der Waals surface area contributed by atoms with E-state index in [1.807, 2.05) is 24.3 Å². The minimum Gasteiger partial charge on any atom is -0.497 e. The smallest absolute Gasteiger partial charge is 0.178 e. The quantitative estimate of drug-likeness (QED) is 0.165. The van der Waals surface area contributed by atoms with Crippen molar-refractivity contribution in [2.45, 2.75) is 43.3 Å². The maximum Gasteiger partial charge on any atom is 0.178 e. The molecular formula is C52H49NO6. The van der Waals surface area contributed by atoms with Crippen molar-refractivity contribution in [2.24, 2.45) is 11.8 Å². The highest BCUT2D eigenvalue weighted by Gasteiger charge is 2.58. The summed E-state index contributed by atoms with van der Waals surface area (Å²) in [7, 11) is 5.13. The topological polar surface area (TPSA) is 69.6 Å². The number of hydrogen-bond donors (Lipinski definition) is 1. The number of rotatable bonds is 8. The molecule has 1 N–H and O–H groups in total. The Morgan fingerprint density at radius 1 is 0.763 bits per heavy atom. The van der Waals surface area contributed by atoms with Gasteiger partial charge in [-0.05, 0) is 130 Å². The van der Waals surface area contributed by atoms with E-state index in [2.05, 4.69) is 95.9 Å². The number of aliphatic hydroxyl groups excluding tert-OH is 1. The zero-order valence-corrected chi connectivity index (χ0v) is 33.9. The molecule has 1 spiro atoms. The Morgan fingerprint density at radius 3 is 2.20 bits per heavy atom. The van der Waals surface area contributed by atoms with E-state index in [-0.39, 0.29) is 12.0 Å². The van der Waals surface area contributed by atoms with Crippen LogP contribution in [-0.2, 0) is 22.4 Å². The van der Waals surface area contributed by atoms with Gasteiger partial charge in [-0.1, -0.05) is 67.1 Å². The predicted octanol–water partition coefficient (Wildman–Crippen LogP) is 10.3. The molecule has 2 saturated carbocycles. The van der Waals surface area contributed by atoms with Crippen molar-refractivity contribution in [1.82, 2.24) is 0 Å². The highest BCUT2D eigenvalue weighted by atomic mass is 16.5. The summed E-state index contributed by atoms with van der Waals surface area (Å²) in [6, 6.07) is 36.5. The summed E-state index contributed by atoms with van der Waals surface area (Å²) in [6.45, 7) is 2.79. The van der Waals surface area contributed by atoms with Crippen LogP contribution in [0.25, 0.3) is 39.1 Å². The number of aliphatic hydroxyl groups is 1. The second-order valence-corrected chi connectivity index (χ2v) is 16.9. The van der Waals surface area contributed by atoms with Gasteiger partial charge in [0.2, 0.25) is 0 Å². The standard InChI is InChI=1S/C52H49NO6/c1-55-38-15-9-33(10-16-38)42-29-44-43(27-34(42)31-54)48-40-6-4-5-7-45(40)51(30-32-8-11-36(51)26-32)49(48)41-20-21-52(59-50(41)44,35-12-17-39(56-2)18-13-35)37-14-19-47(57-3)46(28-37)53-22-24-58-25-23-53/h4-7,9-10,12-21,27-29,32,36,54H,8,11,22-26,30-31H2,1-3H3. The van der Waals surface area contributed by atoms with Crippen molar-refractivity contribution in [2.75, 3.05) is 52.5 Å². The lowest BCUT2D eigenvalue weighted by Crippen LogP contribution is -2.38. The predicted molar refractivity (Wildman–Crippen MR) is 233 cm³/mol. The number of morpholine rings is 1.